The van der Waals surface area contributed by atoms with Gasteiger partial charge in [-0.1, -0.05) is 20.8 Å². The fourth-order valence-corrected chi connectivity index (χ4v) is 2.53. The molecule has 1 heterocycles. The van der Waals surface area contributed by atoms with Crippen LogP contribution in [0, 0.1) is 17.8 Å². The molecule has 5 unspecified atom stereocenters. The van der Waals surface area contributed by atoms with E-state index in [0.717, 1.165) is 0 Å². The van der Waals surface area contributed by atoms with Crippen molar-refractivity contribution in [3.8, 4) is 0 Å². The van der Waals surface area contributed by atoms with Gasteiger partial charge in [0.1, 0.15) is 0 Å². The summed E-state index contributed by atoms with van der Waals surface area (Å²) in [6.07, 6.45) is 0.335. The van der Waals surface area contributed by atoms with Crippen molar-refractivity contribution in [2.75, 3.05) is 13.7 Å². The van der Waals surface area contributed by atoms with Gasteiger partial charge in [0.05, 0.1) is 18.3 Å². The smallest absolute Gasteiger partial charge is 0.0918 e. The van der Waals surface area contributed by atoms with Gasteiger partial charge in [0.25, 0.3) is 0 Å². The fourth-order valence-electron chi connectivity index (χ4n) is 2.53. The van der Waals surface area contributed by atoms with E-state index in [9.17, 15) is 0 Å². The molecule has 0 aromatic rings. The summed E-state index contributed by atoms with van der Waals surface area (Å²) in [6.45, 7) is 11.9. The molecule has 0 amide bonds. The van der Waals surface area contributed by atoms with Gasteiger partial charge < -0.3 is 9.47 Å². The summed E-state index contributed by atoms with van der Waals surface area (Å²) in [5.74, 6) is 1.88. The molecule has 0 N–H and O–H groups in total. The normalized spacial score (nSPS) is 49.3. The molecule has 2 nitrogen and oxygen atoms in total. The summed E-state index contributed by atoms with van der Waals surface area (Å²) in [4.78, 5) is 0. The molecule has 14 heavy (non-hydrogen) atoms. The van der Waals surface area contributed by atoms with Crippen LogP contribution in [0.4, 0.5) is 0 Å². The summed E-state index contributed by atoms with van der Waals surface area (Å²) < 4.78 is 11.3. The molecule has 1 aliphatic heterocycles. The van der Waals surface area contributed by atoms with E-state index in [0.29, 0.717) is 30.5 Å². The Morgan fingerprint density at radius 1 is 1.14 bits per heavy atom. The molecule has 1 fully saturated rings. The zero-order valence-corrected chi connectivity index (χ0v) is 10.3. The predicted molar refractivity (Wildman–Crippen MR) is 58.3 cm³/mol. The van der Waals surface area contributed by atoms with Crippen molar-refractivity contribution in [2.45, 2.75) is 46.3 Å². The summed E-state index contributed by atoms with van der Waals surface area (Å²) in [5.41, 5.74) is -0.111. The Kier molecular flexibility index (Phi) is 3.59. The number of rotatable bonds is 2. The van der Waals surface area contributed by atoms with Crippen LogP contribution in [0.5, 0.6) is 0 Å². The first-order valence-corrected chi connectivity index (χ1v) is 5.59. The summed E-state index contributed by atoms with van der Waals surface area (Å²) in [7, 11) is 1.74. The highest BCUT2D eigenvalue weighted by Crippen LogP contribution is 2.41. The number of methoxy groups -OCH3 is 1. The predicted octanol–water partition coefficient (Wildman–Crippen LogP) is 2.72. The van der Waals surface area contributed by atoms with Crippen LogP contribution in [-0.4, -0.2) is 25.4 Å². The van der Waals surface area contributed by atoms with Crippen molar-refractivity contribution in [1.29, 1.82) is 0 Å². The molecule has 0 aromatic carbocycles. The van der Waals surface area contributed by atoms with Gasteiger partial charge in [-0.3, -0.25) is 0 Å². The first kappa shape index (κ1) is 12.0. The van der Waals surface area contributed by atoms with Crippen molar-refractivity contribution in [3.05, 3.63) is 0 Å². The molecular weight excluding hydrogens is 176 g/mol. The van der Waals surface area contributed by atoms with E-state index in [2.05, 4.69) is 34.6 Å². The van der Waals surface area contributed by atoms with Crippen molar-refractivity contribution in [2.24, 2.45) is 17.8 Å². The number of ether oxygens (including phenoxy) is 2. The van der Waals surface area contributed by atoms with Crippen LogP contribution in [0.2, 0.25) is 0 Å². The van der Waals surface area contributed by atoms with Crippen molar-refractivity contribution in [3.63, 3.8) is 0 Å². The Hall–Kier alpha value is -0.0800. The second kappa shape index (κ2) is 4.19. The molecule has 0 aromatic heterocycles. The van der Waals surface area contributed by atoms with Crippen molar-refractivity contribution < 1.29 is 9.47 Å². The highest BCUT2D eigenvalue weighted by Gasteiger charge is 2.44. The Morgan fingerprint density at radius 3 is 2.21 bits per heavy atom. The first-order valence-electron chi connectivity index (χ1n) is 5.59. The van der Waals surface area contributed by atoms with Crippen LogP contribution in [0.15, 0.2) is 0 Å². The Labute approximate surface area is 88.0 Å². The monoisotopic (exact) mass is 200 g/mol. The second-order valence-electron chi connectivity index (χ2n) is 5.08. The van der Waals surface area contributed by atoms with E-state index in [1.807, 2.05) is 0 Å². The highest BCUT2D eigenvalue weighted by molar-refractivity contribution is 4.92. The van der Waals surface area contributed by atoms with E-state index in [1.165, 1.54) is 0 Å². The molecule has 0 bridgehead atoms. The minimum atomic E-state index is -0.111. The van der Waals surface area contributed by atoms with Crippen LogP contribution in [-0.2, 0) is 9.47 Å². The minimum absolute atomic E-state index is 0.111. The highest BCUT2D eigenvalue weighted by atomic mass is 16.5. The van der Waals surface area contributed by atoms with Gasteiger partial charge in [0, 0.05) is 7.11 Å². The first-order chi connectivity index (χ1) is 6.42. The topological polar surface area (TPSA) is 18.5 Å². The van der Waals surface area contributed by atoms with Crippen LogP contribution >= 0.6 is 0 Å². The molecule has 5 atom stereocenters. The van der Waals surface area contributed by atoms with E-state index in [4.69, 9.17) is 9.47 Å². The zero-order valence-electron chi connectivity index (χ0n) is 10.3. The average molecular weight is 200 g/mol. The van der Waals surface area contributed by atoms with Gasteiger partial charge >= 0.3 is 0 Å². The third-order valence-electron chi connectivity index (χ3n) is 4.21. The van der Waals surface area contributed by atoms with Crippen LogP contribution in [0.1, 0.15) is 34.6 Å². The van der Waals surface area contributed by atoms with E-state index in [-0.39, 0.29) is 5.60 Å². The lowest BCUT2D eigenvalue weighted by Gasteiger charge is -2.49. The number of hydrogen-bond acceptors (Lipinski definition) is 2. The van der Waals surface area contributed by atoms with Gasteiger partial charge in [-0.25, -0.2) is 0 Å². The SMILES string of the molecule is COCC1(C)OC(C)C(C)C(C)C1C. The lowest BCUT2D eigenvalue weighted by molar-refractivity contribution is -0.205. The van der Waals surface area contributed by atoms with Gasteiger partial charge in [0.15, 0.2) is 0 Å². The standard InChI is InChI=1S/C12H24O2/c1-8-9(2)11(4)14-12(5,7-13-6)10(8)3/h8-11H,7H2,1-6H3. The quantitative estimate of drug-likeness (QED) is 0.682. The van der Waals surface area contributed by atoms with Gasteiger partial charge in [0.2, 0.25) is 0 Å². The Balaban J connectivity index is 2.79. The van der Waals surface area contributed by atoms with Crippen molar-refractivity contribution in [1.82, 2.24) is 0 Å². The third-order valence-corrected chi connectivity index (χ3v) is 4.21. The molecule has 0 aliphatic carbocycles. The molecular formula is C12H24O2. The molecule has 1 aliphatic rings. The summed E-state index contributed by atoms with van der Waals surface area (Å²) >= 11 is 0. The molecule has 1 saturated heterocycles. The fraction of sp³-hybridized carbons (Fsp3) is 1.00. The third kappa shape index (κ3) is 1.96. The maximum atomic E-state index is 6.08. The molecule has 0 spiro atoms. The maximum absolute atomic E-state index is 6.08. The average Bonchev–Trinajstić information content (AvgIpc) is 2.12. The zero-order chi connectivity index (χ0) is 10.9. The van der Waals surface area contributed by atoms with E-state index >= 15 is 0 Å². The molecule has 2 heteroatoms. The van der Waals surface area contributed by atoms with Gasteiger partial charge in [-0.2, -0.15) is 0 Å². The summed E-state index contributed by atoms with van der Waals surface area (Å²) in [6, 6.07) is 0. The minimum Gasteiger partial charge on any atom is -0.382 e. The lowest BCUT2D eigenvalue weighted by Crippen LogP contribution is -2.53. The Morgan fingerprint density at radius 2 is 1.71 bits per heavy atom. The van der Waals surface area contributed by atoms with E-state index < -0.39 is 0 Å². The number of hydrogen-bond donors (Lipinski definition) is 0. The van der Waals surface area contributed by atoms with Gasteiger partial charge in [-0.15, -0.1) is 0 Å². The molecule has 1 rings (SSSR count). The van der Waals surface area contributed by atoms with Crippen LogP contribution < -0.4 is 0 Å². The molecule has 0 radical (unpaired) electrons. The maximum Gasteiger partial charge on any atom is 0.0918 e. The van der Waals surface area contributed by atoms with Crippen LogP contribution in [0.25, 0.3) is 0 Å². The lowest BCUT2D eigenvalue weighted by atomic mass is 9.71. The second-order valence-corrected chi connectivity index (χ2v) is 5.08. The van der Waals surface area contributed by atoms with Crippen molar-refractivity contribution >= 4 is 0 Å². The molecule has 84 valence electrons. The van der Waals surface area contributed by atoms with Gasteiger partial charge in [-0.05, 0) is 31.6 Å². The van der Waals surface area contributed by atoms with E-state index in [1.54, 1.807) is 7.11 Å². The Bertz CT molecular complexity index is 193. The molecule has 0 saturated carbocycles. The van der Waals surface area contributed by atoms with Crippen LogP contribution in [0.3, 0.4) is 0 Å². The summed E-state index contributed by atoms with van der Waals surface area (Å²) in [5, 5.41) is 0. The largest absolute Gasteiger partial charge is 0.382 e.